The highest BCUT2D eigenvalue weighted by atomic mass is 19.1. The molecule has 0 unspecified atom stereocenters. The molecule has 20 heavy (non-hydrogen) atoms. The molecule has 0 amide bonds. The molecular weight excluding hydrogens is 253 g/mol. The average molecular weight is 279 g/mol. The van der Waals surface area contributed by atoms with Gasteiger partial charge in [-0.05, 0) is 25.1 Å². The third kappa shape index (κ3) is 3.70. The van der Waals surface area contributed by atoms with Gasteiger partial charge >= 0.3 is 0 Å². The first-order valence-electron chi connectivity index (χ1n) is 7.51. The summed E-state index contributed by atoms with van der Waals surface area (Å²) in [6, 6.07) is 5.39. The van der Waals surface area contributed by atoms with Crippen molar-refractivity contribution in [3.05, 3.63) is 29.6 Å². The minimum absolute atomic E-state index is 0.110. The zero-order valence-electron chi connectivity index (χ0n) is 12.8. The minimum atomic E-state index is -0.110. The SMILES string of the molecule is CNCc1c(F)cccc1N1CCN(CC(C)C)CC1. The molecule has 0 bridgehead atoms. The fourth-order valence-corrected chi connectivity index (χ4v) is 2.88. The highest BCUT2D eigenvalue weighted by Crippen LogP contribution is 2.24. The first kappa shape index (κ1) is 15.3. The van der Waals surface area contributed by atoms with Gasteiger partial charge in [0.1, 0.15) is 5.82 Å². The van der Waals surface area contributed by atoms with Crippen LogP contribution in [0, 0.1) is 11.7 Å². The molecule has 1 saturated heterocycles. The summed E-state index contributed by atoms with van der Waals surface area (Å²) < 4.78 is 14.0. The fourth-order valence-electron chi connectivity index (χ4n) is 2.88. The number of hydrogen-bond acceptors (Lipinski definition) is 3. The Morgan fingerprint density at radius 1 is 1.20 bits per heavy atom. The summed E-state index contributed by atoms with van der Waals surface area (Å²) in [5, 5.41) is 3.06. The lowest BCUT2D eigenvalue weighted by molar-refractivity contribution is 0.231. The van der Waals surface area contributed by atoms with Crippen molar-refractivity contribution in [2.45, 2.75) is 20.4 Å². The van der Waals surface area contributed by atoms with Crippen molar-refractivity contribution in [2.24, 2.45) is 5.92 Å². The van der Waals surface area contributed by atoms with Gasteiger partial charge in [0.05, 0.1) is 0 Å². The normalized spacial score (nSPS) is 16.9. The van der Waals surface area contributed by atoms with Crippen molar-refractivity contribution in [3.63, 3.8) is 0 Å². The first-order chi connectivity index (χ1) is 9.61. The number of piperazine rings is 1. The van der Waals surface area contributed by atoms with E-state index >= 15 is 0 Å². The van der Waals surface area contributed by atoms with Crippen LogP contribution in [0.5, 0.6) is 0 Å². The maximum Gasteiger partial charge on any atom is 0.129 e. The molecule has 1 aromatic rings. The second kappa shape index (κ2) is 7.04. The van der Waals surface area contributed by atoms with Crippen LogP contribution in [-0.4, -0.2) is 44.7 Å². The van der Waals surface area contributed by atoms with Crippen LogP contribution in [0.3, 0.4) is 0 Å². The Morgan fingerprint density at radius 3 is 2.50 bits per heavy atom. The predicted octanol–water partition coefficient (Wildman–Crippen LogP) is 2.32. The van der Waals surface area contributed by atoms with Gasteiger partial charge in [0.25, 0.3) is 0 Å². The number of halogens is 1. The van der Waals surface area contributed by atoms with E-state index in [4.69, 9.17) is 0 Å². The van der Waals surface area contributed by atoms with Crippen LogP contribution in [0.2, 0.25) is 0 Å². The Hall–Kier alpha value is -1.13. The van der Waals surface area contributed by atoms with Crippen LogP contribution in [0.15, 0.2) is 18.2 Å². The van der Waals surface area contributed by atoms with Gasteiger partial charge in [0.2, 0.25) is 0 Å². The quantitative estimate of drug-likeness (QED) is 0.892. The summed E-state index contributed by atoms with van der Waals surface area (Å²) in [5.74, 6) is 0.594. The predicted molar refractivity (Wildman–Crippen MR) is 82.7 cm³/mol. The summed E-state index contributed by atoms with van der Waals surface area (Å²) in [6.45, 7) is 10.3. The van der Waals surface area contributed by atoms with E-state index in [0.717, 1.165) is 44.0 Å². The van der Waals surface area contributed by atoms with Crippen molar-refractivity contribution < 1.29 is 4.39 Å². The van der Waals surface area contributed by atoms with Crippen molar-refractivity contribution in [3.8, 4) is 0 Å². The molecule has 4 heteroatoms. The Labute approximate surface area is 121 Å². The van der Waals surface area contributed by atoms with Crippen molar-refractivity contribution >= 4 is 5.69 Å². The molecule has 1 fully saturated rings. The van der Waals surface area contributed by atoms with Gasteiger partial charge in [-0.25, -0.2) is 4.39 Å². The van der Waals surface area contributed by atoms with E-state index in [1.54, 1.807) is 6.07 Å². The number of hydrogen-bond donors (Lipinski definition) is 1. The zero-order chi connectivity index (χ0) is 14.5. The van der Waals surface area contributed by atoms with Crippen LogP contribution in [-0.2, 0) is 6.54 Å². The average Bonchev–Trinajstić information content (AvgIpc) is 2.42. The van der Waals surface area contributed by atoms with E-state index in [2.05, 4.69) is 29.0 Å². The van der Waals surface area contributed by atoms with Crippen LogP contribution in [0.1, 0.15) is 19.4 Å². The van der Waals surface area contributed by atoms with Gasteiger partial charge in [-0.3, -0.25) is 4.90 Å². The van der Waals surface area contributed by atoms with E-state index < -0.39 is 0 Å². The first-order valence-corrected chi connectivity index (χ1v) is 7.51. The number of benzene rings is 1. The molecule has 0 radical (unpaired) electrons. The molecule has 0 saturated carbocycles. The van der Waals surface area contributed by atoms with E-state index in [0.29, 0.717) is 12.5 Å². The van der Waals surface area contributed by atoms with Crippen LogP contribution >= 0.6 is 0 Å². The molecule has 0 aromatic heterocycles. The lowest BCUT2D eigenvalue weighted by atomic mass is 10.1. The molecule has 3 nitrogen and oxygen atoms in total. The molecule has 1 aliphatic heterocycles. The summed E-state index contributed by atoms with van der Waals surface area (Å²) in [6.07, 6.45) is 0. The zero-order valence-corrected chi connectivity index (χ0v) is 12.8. The maximum atomic E-state index is 14.0. The highest BCUT2D eigenvalue weighted by molar-refractivity contribution is 5.54. The molecule has 112 valence electrons. The molecule has 0 spiro atoms. The number of nitrogens with zero attached hydrogens (tertiary/aromatic N) is 2. The molecular formula is C16H26FN3. The van der Waals surface area contributed by atoms with Gasteiger partial charge in [0.15, 0.2) is 0 Å². The Morgan fingerprint density at radius 2 is 1.90 bits per heavy atom. The summed E-state index contributed by atoms with van der Waals surface area (Å²) in [7, 11) is 1.86. The number of anilines is 1. The smallest absolute Gasteiger partial charge is 0.129 e. The fraction of sp³-hybridized carbons (Fsp3) is 0.625. The highest BCUT2D eigenvalue weighted by Gasteiger charge is 2.20. The molecule has 0 aliphatic carbocycles. The standard InChI is InChI=1S/C16H26FN3/c1-13(2)12-19-7-9-20(10-8-19)16-6-4-5-15(17)14(16)11-18-3/h4-6,13,18H,7-12H2,1-3H3. The van der Waals surface area contributed by atoms with Crippen molar-refractivity contribution in [1.82, 2.24) is 10.2 Å². The van der Waals surface area contributed by atoms with E-state index in [-0.39, 0.29) is 5.82 Å². The van der Waals surface area contributed by atoms with Gasteiger partial charge in [0, 0.05) is 50.5 Å². The number of nitrogens with one attached hydrogen (secondary N) is 1. The molecule has 1 N–H and O–H groups in total. The Kier molecular flexibility index (Phi) is 5.38. The van der Waals surface area contributed by atoms with Gasteiger partial charge in [-0.1, -0.05) is 19.9 Å². The molecule has 0 atom stereocenters. The Balaban J connectivity index is 2.05. The second-order valence-corrected chi connectivity index (χ2v) is 5.95. The summed E-state index contributed by atoms with van der Waals surface area (Å²) in [4.78, 5) is 4.81. The topological polar surface area (TPSA) is 18.5 Å². The summed E-state index contributed by atoms with van der Waals surface area (Å²) >= 11 is 0. The van der Waals surface area contributed by atoms with E-state index in [1.807, 2.05) is 19.2 Å². The molecule has 2 rings (SSSR count). The van der Waals surface area contributed by atoms with Crippen LogP contribution in [0.4, 0.5) is 10.1 Å². The maximum absolute atomic E-state index is 14.0. The summed E-state index contributed by atoms with van der Waals surface area (Å²) in [5.41, 5.74) is 1.83. The van der Waals surface area contributed by atoms with Gasteiger partial charge in [-0.2, -0.15) is 0 Å². The van der Waals surface area contributed by atoms with Crippen LogP contribution < -0.4 is 10.2 Å². The van der Waals surface area contributed by atoms with Gasteiger partial charge in [-0.15, -0.1) is 0 Å². The Bertz CT molecular complexity index is 426. The lowest BCUT2D eigenvalue weighted by Crippen LogP contribution is -2.47. The van der Waals surface area contributed by atoms with Crippen molar-refractivity contribution in [1.29, 1.82) is 0 Å². The molecule has 1 aliphatic rings. The second-order valence-electron chi connectivity index (χ2n) is 5.95. The number of rotatable bonds is 5. The lowest BCUT2D eigenvalue weighted by Gasteiger charge is -2.37. The van der Waals surface area contributed by atoms with E-state index in [9.17, 15) is 4.39 Å². The third-order valence-electron chi connectivity index (χ3n) is 3.78. The van der Waals surface area contributed by atoms with Crippen molar-refractivity contribution in [2.75, 3.05) is 44.7 Å². The van der Waals surface area contributed by atoms with E-state index in [1.165, 1.54) is 0 Å². The van der Waals surface area contributed by atoms with Crippen LogP contribution in [0.25, 0.3) is 0 Å². The minimum Gasteiger partial charge on any atom is -0.369 e. The molecule has 1 heterocycles. The molecule has 1 aromatic carbocycles. The third-order valence-corrected chi connectivity index (χ3v) is 3.78. The monoisotopic (exact) mass is 279 g/mol. The van der Waals surface area contributed by atoms with Gasteiger partial charge < -0.3 is 10.2 Å². The largest absolute Gasteiger partial charge is 0.369 e.